The Morgan fingerprint density at radius 3 is 2.57 bits per heavy atom. The molecule has 0 aliphatic rings. The number of aliphatic hydroxyl groups is 1. The molecule has 1 aromatic rings. The van der Waals surface area contributed by atoms with Crippen molar-refractivity contribution in [1.82, 2.24) is 0 Å². The summed E-state index contributed by atoms with van der Waals surface area (Å²) in [6.07, 6.45) is 4.35. The van der Waals surface area contributed by atoms with E-state index in [9.17, 15) is 5.11 Å². The number of aliphatic hydroxyl groups excluding tert-OH is 1. The fraction of sp³-hybridized carbons (Fsp3) is 0.333. The van der Waals surface area contributed by atoms with Crippen molar-refractivity contribution in [1.29, 1.82) is 0 Å². The third-order valence-corrected chi connectivity index (χ3v) is 2.86. The number of rotatable bonds is 5. The fourth-order valence-electron chi connectivity index (χ4n) is 1.31. The summed E-state index contributed by atoms with van der Waals surface area (Å²) in [6, 6.07) is 8.01. The molecule has 76 valence electrons. The van der Waals surface area contributed by atoms with Gasteiger partial charge in [0, 0.05) is 3.57 Å². The van der Waals surface area contributed by atoms with E-state index in [1.165, 1.54) is 3.57 Å². The Balaban J connectivity index is 2.47. The first-order valence-electron chi connectivity index (χ1n) is 4.78. The molecule has 1 rings (SSSR count). The van der Waals surface area contributed by atoms with Crippen LogP contribution >= 0.6 is 22.6 Å². The van der Waals surface area contributed by atoms with Gasteiger partial charge in [0.2, 0.25) is 0 Å². The summed E-state index contributed by atoms with van der Waals surface area (Å²) in [5.41, 5.74) is 1.01. The molecule has 1 N–H and O–H groups in total. The van der Waals surface area contributed by atoms with Gasteiger partial charge in [-0.05, 0) is 59.5 Å². The summed E-state index contributed by atoms with van der Waals surface area (Å²) >= 11 is 2.26. The number of hydrogen-bond acceptors (Lipinski definition) is 1. The van der Waals surface area contributed by atoms with Crippen molar-refractivity contribution >= 4 is 22.6 Å². The summed E-state index contributed by atoms with van der Waals surface area (Å²) in [5.74, 6) is 0. The van der Waals surface area contributed by atoms with Gasteiger partial charge in [-0.25, -0.2) is 0 Å². The highest BCUT2D eigenvalue weighted by Gasteiger charge is 2.05. The molecule has 0 bridgehead atoms. The molecular weight excluding hydrogens is 287 g/mol. The van der Waals surface area contributed by atoms with Gasteiger partial charge < -0.3 is 5.11 Å². The van der Waals surface area contributed by atoms with Gasteiger partial charge in [0.1, 0.15) is 0 Å². The zero-order valence-electron chi connectivity index (χ0n) is 8.12. The molecule has 1 aromatic carbocycles. The molecule has 0 radical (unpaired) electrons. The third-order valence-electron chi connectivity index (χ3n) is 2.14. The number of allylic oxidation sites excluding steroid dienone is 1. The summed E-state index contributed by atoms with van der Waals surface area (Å²) in [5, 5.41) is 9.80. The summed E-state index contributed by atoms with van der Waals surface area (Å²) in [4.78, 5) is 0. The highest BCUT2D eigenvalue weighted by molar-refractivity contribution is 14.1. The van der Waals surface area contributed by atoms with E-state index in [2.05, 4.69) is 29.2 Å². The molecule has 2 heteroatoms. The predicted molar refractivity (Wildman–Crippen MR) is 68.2 cm³/mol. The SMILES string of the molecule is C=CCCCC(O)c1ccc(I)cc1. The van der Waals surface area contributed by atoms with Gasteiger partial charge in [-0.2, -0.15) is 0 Å². The topological polar surface area (TPSA) is 20.2 Å². The maximum absolute atomic E-state index is 9.80. The molecule has 1 unspecified atom stereocenters. The van der Waals surface area contributed by atoms with E-state index >= 15 is 0 Å². The van der Waals surface area contributed by atoms with Gasteiger partial charge in [-0.1, -0.05) is 18.2 Å². The molecule has 0 aliphatic heterocycles. The standard InChI is InChI=1S/C12H15IO/c1-2-3-4-5-12(14)10-6-8-11(13)9-7-10/h2,6-9,12,14H,1,3-5H2. The van der Waals surface area contributed by atoms with E-state index in [0.29, 0.717) is 0 Å². The molecule has 0 fully saturated rings. The molecule has 1 nitrogen and oxygen atoms in total. The first-order chi connectivity index (χ1) is 6.74. The molecule has 1 atom stereocenters. The maximum Gasteiger partial charge on any atom is 0.0790 e. The molecule has 14 heavy (non-hydrogen) atoms. The van der Waals surface area contributed by atoms with Crippen LogP contribution in [0.25, 0.3) is 0 Å². The minimum Gasteiger partial charge on any atom is -0.388 e. The molecule has 0 aliphatic carbocycles. The molecule has 0 heterocycles. The Hall–Kier alpha value is -0.350. The maximum atomic E-state index is 9.80. The van der Waals surface area contributed by atoms with Crippen molar-refractivity contribution in [2.24, 2.45) is 0 Å². The third kappa shape index (κ3) is 3.80. The summed E-state index contributed by atoms with van der Waals surface area (Å²) < 4.78 is 1.20. The van der Waals surface area contributed by atoms with E-state index < -0.39 is 0 Å². The second-order valence-electron chi connectivity index (χ2n) is 3.29. The predicted octanol–water partition coefficient (Wildman–Crippen LogP) is 3.68. The van der Waals surface area contributed by atoms with Crippen molar-refractivity contribution in [2.75, 3.05) is 0 Å². The fourth-order valence-corrected chi connectivity index (χ4v) is 1.67. The number of halogens is 1. The van der Waals surface area contributed by atoms with Gasteiger partial charge in [-0.3, -0.25) is 0 Å². The zero-order chi connectivity index (χ0) is 10.4. The van der Waals surface area contributed by atoms with Gasteiger partial charge in [-0.15, -0.1) is 6.58 Å². The van der Waals surface area contributed by atoms with Crippen LogP contribution in [0.2, 0.25) is 0 Å². The first-order valence-corrected chi connectivity index (χ1v) is 5.86. The van der Waals surface area contributed by atoms with Crippen LogP contribution in [0.1, 0.15) is 30.9 Å². The monoisotopic (exact) mass is 302 g/mol. The lowest BCUT2D eigenvalue weighted by molar-refractivity contribution is 0.165. The number of benzene rings is 1. The largest absolute Gasteiger partial charge is 0.388 e. The van der Waals surface area contributed by atoms with Gasteiger partial charge in [0.15, 0.2) is 0 Å². The van der Waals surface area contributed by atoms with E-state index in [0.717, 1.165) is 24.8 Å². The van der Waals surface area contributed by atoms with Gasteiger partial charge >= 0.3 is 0 Å². The number of hydrogen-bond donors (Lipinski definition) is 1. The smallest absolute Gasteiger partial charge is 0.0790 e. The van der Waals surface area contributed by atoms with Gasteiger partial charge in [0.25, 0.3) is 0 Å². The molecule has 0 saturated carbocycles. The van der Waals surface area contributed by atoms with E-state index in [1.807, 2.05) is 30.3 Å². The van der Waals surface area contributed by atoms with Crippen LogP contribution in [-0.4, -0.2) is 5.11 Å². The van der Waals surface area contributed by atoms with E-state index in [-0.39, 0.29) is 6.10 Å². The molecule has 0 aromatic heterocycles. The Labute approximate surface area is 99.0 Å². The van der Waals surface area contributed by atoms with Crippen LogP contribution in [0.3, 0.4) is 0 Å². The van der Waals surface area contributed by atoms with E-state index in [4.69, 9.17) is 0 Å². The lowest BCUT2D eigenvalue weighted by Crippen LogP contribution is -1.96. The van der Waals surface area contributed by atoms with Crippen LogP contribution in [0, 0.1) is 3.57 Å². The Kier molecular flexibility index (Phi) is 5.19. The van der Waals surface area contributed by atoms with Crippen LogP contribution < -0.4 is 0 Å². The average Bonchev–Trinajstić information content (AvgIpc) is 2.19. The van der Waals surface area contributed by atoms with Crippen molar-refractivity contribution in [3.8, 4) is 0 Å². The number of unbranched alkanes of at least 4 members (excludes halogenated alkanes) is 1. The lowest BCUT2D eigenvalue weighted by atomic mass is 10.0. The summed E-state index contributed by atoms with van der Waals surface area (Å²) in [7, 11) is 0. The quantitative estimate of drug-likeness (QED) is 0.500. The van der Waals surface area contributed by atoms with Crippen molar-refractivity contribution in [3.05, 3.63) is 46.1 Å². The molecule has 0 saturated heterocycles. The lowest BCUT2D eigenvalue weighted by Gasteiger charge is -2.09. The molecule has 0 amide bonds. The second kappa shape index (κ2) is 6.19. The highest BCUT2D eigenvalue weighted by Crippen LogP contribution is 2.19. The van der Waals surface area contributed by atoms with Crippen LogP contribution in [-0.2, 0) is 0 Å². The van der Waals surface area contributed by atoms with Crippen molar-refractivity contribution < 1.29 is 5.11 Å². The molecule has 0 spiro atoms. The van der Waals surface area contributed by atoms with Gasteiger partial charge in [0.05, 0.1) is 6.10 Å². The zero-order valence-corrected chi connectivity index (χ0v) is 10.3. The van der Waals surface area contributed by atoms with Crippen molar-refractivity contribution in [3.63, 3.8) is 0 Å². The highest BCUT2D eigenvalue weighted by atomic mass is 127. The Morgan fingerprint density at radius 2 is 2.00 bits per heavy atom. The average molecular weight is 302 g/mol. The minimum atomic E-state index is -0.327. The molecular formula is C12H15IO. The Bertz CT molecular complexity index is 279. The van der Waals surface area contributed by atoms with Crippen molar-refractivity contribution in [2.45, 2.75) is 25.4 Å². The van der Waals surface area contributed by atoms with E-state index in [1.54, 1.807) is 0 Å². The first kappa shape index (κ1) is 11.7. The van der Waals surface area contributed by atoms with Crippen LogP contribution in [0.15, 0.2) is 36.9 Å². The summed E-state index contributed by atoms with van der Waals surface area (Å²) in [6.45, 7) is 3.66. The van der Waals surface area contributed by atoms with Crippen LogP contribution in [0.5, 0.6) is 0 Å². The minimum absolute atomic E-state index is 0.327. The van der Waals surface area contributed by atoms with Crippen LogP contribution in [0.4, 0.5) is 0 Å². The second-order valence-corrected chi connectivity index (χ2v) is 4.53. The normalized spacial score (nSPS) is 12.4. The Morgan fingerprint density at radius 1 is 1.36 bits per heavy atom.